The number of hydrogen-bond acceptors (Lipinski definition) is 2. The molecular weight excluding hydrogens is 322 g/mol. The van der Waals surface area contributed by atoms with E-state index in [2.05, 4.69) is 5.32 Å². The number of amides is 1. The van der Waals surface area contributed by atoms with Gasteiger partial charge >= 0.3 is 0 Å². The van der Waals surface area contributed by atoms with Crippen molar-refractivity contribution in [3.05, 3.63) is 35.4 Å². The molecule has 0 bridgehead atoms. The summed E-state index contributed by atoms with van der Waals surface area (Å²) in [7, 11) is 1.84. The highest BCUT2D eigenvalue weighted by molar-refractivity contribution is 5.85. The van der Waals surface area contributed by atoms with Crippen LogP contribution in [0, 0.1) is 11.6 Å². The van der Waals surface area contributed by atoms with Crippen molar-refractivity contribution in [3.8, 4) is 0 Å². The number of halogens is 3. The Kier molecular flexibility index (Phi) is 8.48. The monoisotopic (exact) mass is 346 g/mol. The van der Waals surface area contributed by atoms with E-state index in [1.807, 2.05) is 7.05 Å². The minimum atomic E-state index is -0.578. The molecule has 0 atom stereocenters. The smallest absolute Gasteiger partial charge is 0.223 e. The van der Waals surface area contributed by atoms with E-state index in [-0.39, 0.29) is 36.5 Å². The summed E-state index contributed by atoms with van der Waals surface area (Å²) in [6.07, 6.45) is 5.14. The molecule has 3 nitrogen and oxygen atoms in total. The number of hydrogen-bond donors (Lipinski definition) is 1. The number of benzene rings is 1. The van der Waals surface area contributed by atoms with Gasteiger partial charge in [-0.15, -0.1) is 12.4 Å². The van der Waals surface area contributed by atoms with Gasteiger partial charge in [0.2, 0.25) is 5.91 Å². The third kappa shape index (κ3) is 5.43. The van der Waals surface area contributed by atoms with Gasteiger partial charge in [0.25, 0.3) is 0 Å². The van der Waals surface area contributed by atoms with E-state index in [4.69, 9.17) is 0 Å². The first kappa shape index (κ1) is 19.8. The summed E-state index contributed by atoms with van der Waals surface area (Å²) in [5.74, 6) is -1.16. The molecule has 0 aromatic heterocycles. The maximum atomic E-state index is 13.9. The molecule has 1 amide bonds. The maximum absolute atomic E-state index is 13.9. The Morgan fingerprint density at radius 1 is 1.26 bits per heavy atom. The normalized spacial score (nSPS) is 14.6. The summed E-state index contributed by atoms with van der Waals surface area (Å²) in [6, 6.07) is 3.96. The molecule has 0 aliphatic heterocycles. The molecule has 2 rings (SSSR count). The van der Waals surface area contributed by atoms with Crippen molar-refractivity contribution in [1.82, 2.24) is 10.2 Å². The SMILES string of the molecule is CNCCCC(=O)N(Cc1c(F)cccc1F)C1CCCC1.Cl. The van der Waals surface area contributed by atoms with Gasteiger partial charge in [0.05, 0.1) is 6.54 Å². The number of carbonyl (C=O) groups is 1. The Balaban J connectivity index is 0.00000264. The van der Waals surface area contributed by atoms with Gasteiger partial charge in [0.15, 0.2) is 0 Å². The van der Waals surface area contributed by atoms with E-state index >= 15 is 0 Å². The van der Waals surface area contributed by atoms with Crippen molar-refractivity contribution in [1.29, 1.82) is 0 Å². The lowest BCUT2D eigenvalue weighted by Crippen LogP contribution is -2.39. The van der Waals surface area contributed by atoms with E-state index in [9.17, 15) is 13.6 Å². The van der Waals surface area contributed by atoms with Crippen LogP contribution >= 0.6 is 12.4 Å². The molecule has 1 aliphatic carbocycles. The second-order valence-electron chi connectivity index (χ2n) is 5.87. The Morgan fingerprint density at radius 2 is 1.87 bits per heavy atom. The molecule has 130 valence electrons. The highest BCUT2D eigenvalue weighted by Crippen LogP contribution is 2.27. The van der Waals surface area contributed by atoms with Crippen LogP contribution < -0.4 is 5.32 Å². The van der Waals surface area contributed by atoms with Crippen LogP contribution in [-0.4, -0.2) is 30.4 Å². The quantitative estimate of drug-likeness (QED) is 0.764. The van der Waals surface area contributed by atoms with Gasteiger partial charge in [0.1, 0.15) is 11.6 Å². The third-order valence-corrected chi connectivity index (χ3v) is 4.29. The fraction of sp³-hybridized carbons (Fsp3) is 0.588. The summed E-state index contributed by atoms with van der Waals surface area (Å²) in [5, 5.41) is 3.01. The standard InChI is InChI=1S/C17H24F2N2O.ClH/c1-20-11-5-10-17(22)21(13-6-2-3-7-13)12-14-15(18)8-4-9-16(14)19;/h4,8-9,13,20H,2-3,5-7,10-12H2,1H3;1H. The highest BCUT2D eigenvalue weighted by Gasteiger charge is 2.27. The van der Waals surface area contributed by atoms with Gasteiger partial charge in [-0.25, -0.2) is 8.78 Å². The van der Waals surface area contributed by atoms with E-state index in [0.717, 1.165) is 38.6 Å². The summed E-state index contributed by atoms with van der Waals surface area (Å²) in [6.45, 7) is 0.792. The van der Waals surface area contributed by atoms with Crippen molar-refractivity contribution >= 4 is 18.3 Å². The van der Waals surface area contributed by atoms with Crippen LogP contribution in [0.5, 0.6) is 0 Å². The van der Waals surface area contributed by atoms with Gasteiger partial charge in [-0.3, -0.25) is 4.79 Å². The van der Waals surface area contributed by atoms with E-state index in [1.54, 1.807) is 4.90 Å². The second-order valence-corrected chi connectivity index (χ2v) is 5.87. The summed E-state index contributed by atoms with van der Waals surface area (Å²) < 4.78 is 27.8. The molecule has 1 N–H and O–H groups in total. The summed E-state index contributed by atoms with van der Waals surface area (Å²) in [5.41, 5.74) is -0.00336. The Morgan fingerprint density at radius 3 is 2.43 bits per heavy atom. The van der Waals surface area contributed by atoms with E-state index in [1.165, 1.54) is 18.2 Å². The minimum Gasteiger partial charge on any atom is -0.335 e. The predicted molar refractivity (Wildman–Crippen MR) is 89.6 cm³/mol. The number of carbonyl (C=O) groups excluding carboxylic acids is 1. The van der Waals surface area contributed by atoms with Crippen molar-refractivity contribution in [2.24, 2.45) is 0 Å². The van der Waals surface area contributed by atoms with Gasteiger partial charge in [0, 0.05) is 18.0 Å². The Hall–Kier alpha value is -1.20. The molecule has 0 saturated heterocycles. The molecule has 0 unspecified atom stereocenters. The summed E-state index contributed by atoms with van der Waals surface area (Å²) >= 11 is 0. The molecule has 6 heteroatoms. The fourth-order valence-electron chi connectivity index (χ4n) is 3.05. The third-order valence-electron chi connectivity index (χ3n) is 4.29. The lowest BCUT2D eigenvalue weighted by molar-refractivity contribution is -0.134. The zero-order valence-corrected chi connectivity index (χ0v) is 14.3. The average molecular weight is 347 g/mol. The zero-order chi connectivity index (χ0) is 15.9. The van der Waals surface area contributed by atoms with Crippen molar-refractivity contribution < 1.29 is 13.6 Å². The highest BCUT2D eigenvalue weighted by atomic mass is 35.5. The minimum absolute atomic E-state index is 0. The van der Waals surface area contributed by atoms with Crippen LogP contribution in [0.15, 0.2) is 18.2 Å². The molecule has 1 aromatic rings. The zero-order valence-electron chi connectivity index (χ0n) is 13.5. The molecule has 0 heterocycles. The van der Waals surface area contributed by atoms with Gasteiger partial charge in [-0.2, -0.15) is 0 Å². The van der Waals surface area contributed by atoms with E-state index in [0.29, 0.717) is 6.42 Å². The first-order chi connectivity index (χ1) is 10.6. The number of nitrogens with one attached hydrogen (secondary N) is 1. The molecule has 1 aliphatic rings. The molecule has 1 fully saturated rings. The predicted octanol–water partition coefficient (Wildman–Crippen LogP) is 3.66. The number of nitrogens with zero attached hydrogens (tertiary/aromatic N) is 1. The first-order valence-electron chi connectivity index (χ1n) is 8.00. The van der Waals surface area contributed by atoms with Crippen molar-refractivity contribution in [2.45, 2.75) is 51.1 Å². The Bertz CT molecular complexity index is 487. The van der Waals surface area contributed by atoms with Crippen LogP contribution in [0.1, 0.15) is 44.1 Å². The molecule has 0 spiro atoms. The molecule has 1 aromatic carbocycles. The van der Waals surface area contributed by atoms with Gasteiger partial charge in [-0.05, 0) is 45.0 Å². The second kappa shape index (κ2) is 9.83. The molecular formula is C17H25ClF2N2O. The largest absolute Gasteiger partial charge is 0.335 e. The maximum Gasteiger partial charge on any atom is 0.223 e. The average Bonchev–Trinajstić information content (AvgIpc) is 3.01. The molecule has 23 heavy (non-hydrogen) atoms. The molecule has 0 radical (unpaired) electrons. The molecule has 1 saturated carbocycles. The van der Waals surface area contributed by atoms with Gasteiger partial charge < -0.3 is 10.2 Å². The van der Waals surface area contributed by atoms with Crippen LogP contribution in [0.25, 0.3) is 0 Å². The van der Waals surface area contributed by atoms with Crippen molar-refractivity contribution in [3.63, 3.8) is 0 Å². The van der Waals surface area contributed by atoms with Crippen LogP contribution in [-0.2, 0) is 11.3 Å². The summed E-state index contributed by atoms with van der Waals surface area (Å²) in [4.78, 5) is 14.2. The van der Waals surface area contributed by atoms with Crippen molar-refractivity contribution in [2.75, 3.05) is 13.6 Å². The Labute approximate surface area is 142 Å². The first-order valence-corrected chi connectivity index (χ1v) is 8.00. The lowest BCUT2D eigenvalue weighted by atomic mass is 10.1. The van der Waals surface area contributed by atoms with Crippen LogP contribution in [0.4, 0.5) is 8.78 Å². The van der Waals surface area contributed by atoms with Crippen LogP contribution in [0.2, 0.25) is 0 Å². The van der Waals surface area contributed by atoms with Gasteiger partial charge in [-0.1, -0.05) is 18.9 Å². The van der Waals surface area contributed by atoms with Crippen LogP contribution in [0.3, 0.4) is 0 Å². The lowest BCUT2D eigenvalue weighted by Gasteiger charge is -2.29. The fourth-order valence-corrected chi connectivity index (χ4v) is 3.05. The number of rotatable bonds is 7. The van der Waals surface area contributed by atoms with E-state index < -0.39 is 11.6 Å². The topological polar surface area (TPSA) is 32.3 Å².